The minimum Gasteiger partial charge on any atom is -0.348 e. The summed E-state index contributed by atoms with van der Waals surface area (Å²) in [6.07, 6.45) is 0.756. The fraction of sp³-hybridized carbons (Fsp3) is 0.444. The third-order valence-electron chi connectivity index (χ3n) is 4.81. The van der Waals surface area contributed by atoms with Crippen LogP contribution in [0.5, 0.6) is 0 Å². The molecule has 0 spiro atoms. The average Bonchev–Trinajstić information content (AvgIpc) is 3.00. The van der Waals surface area contributed by atoms with Gasteiger partial charge in [-0.1, -0.05) is 36.7 Å². The van der Waals surface area contributed by atoms with Crippen molar-refractivity contribution in [2.75, 3.05) is 31.1 Å². The number of benzene rings is 1. The summed E-state index contributed by atoms with van der Waals surface area (Å²) in [7, 11) is 1.72. The van der Waals surface area contributed by atoms with Crippen molar-refractivity contribution in [2.45, 2.75) is 19.8 Å². The van der Waals surface area contributed by atoms with E-state index in [1.165, 1.54) is 0 Å². The molecule has 0 N–H and O–H groups in total. The van der Waals surface area contributed by atoms with Crippen LogP contribution < -0.4 is 4.90 Å². The lowest BCUT2D eigenvalue weighted by Gasteiger charge is -2.35. The summed E-state index contributed by atoms with van der Waals surface area (Å²) in [5.74, 6) is 0.520. The molecule has 0 bridgehead atoms. The Morgan fingerprint density at radius 2 is 1.93 bits per heavy atom. The second-order valence-electron chi connectivity index (χ2n) is 6.49. The van der Waals surface area contributed by atoms with E-state index >= 15 is 0 Å². The van der Waals surface area contributed by atoms with Crippen LogP contribution in [0.1, 0.15) is 18.2 Å². The molecule has 27 heavy (non-hydrogen) atoms. The van der Waals surface area contributed by atoms with Gasteiger partial charge in [0.25, 0.3) is 0 Å². The quantitative estimate of drug-likeness (QED) is 0.577. The van der Waals surface area contributed by atoms with Crippen molar-refractivity contribution in [1.29, 1.82) is 0 Å². The molecule has 2 heterocycles. The topological polar surface area (TPSA) is 84.5 Å². The monoisotopic (exact) mass is 391 g/mol. The van der Waals surface area contributed by atoms with Crippen LogP contribution in [0.3, 0.4) is 0 Å². The van der Waals surface area contributed by atoms with Gasteiger partial charge in [0.15, 0.2) is 0 Å². The number of piperazine rings is 1. The molecule has 1 aliphatic heterocycles. The minimum absolute atomic E-state index is 0.0107. The van der Waals surface area contributed by atoms with Crippen LogP contribution in [0, 0.1) is 10.1 Å². The first-order chi connectivity index (χ1) is 12.9. The smallest absolute Gasteiger partial charge is 0.334 e. The highest BCUT2D eigenvalue weighted by Gasteiger charge is 2.32. The molecule has 1 saturated heterocycles. The van der Waals surface area contributed by atoms with Crippen molar-refractivity contribution in [3.63, 3.8) is 0 Å². The third kappa shape index (κ3) is 3.90. The lowest BCUT2D eigenvalue weighted by Crippen LogP contribution is -2.49. The molecular weight excluding hydrogens is 370 g/mol. The summed E-state index contributed by atoms with van der Waals surface area (Å²) >= 11 is 6.14. The first kappa shape index (κ1) is 19.2. The number of hydrogen-bond donors (Lipinski definition) is 0. The number of aromatic nitrogens is 2. The Labute approximate surface area is 162 Å². The SMILES string of the molecule is CCc1nn(C)c(N2CCN(C(=O)Cc3ccccc3Cl)CC2)c1[N+](=O)[O-]. The van der Waals surface area contributed by atoms with Gasteiger partial charge in [-0.05, 0) is 18.1 Å². The second kappa shape index (κ2) is 7.96. The van der Waals surface area contributed by atoms with E-state index in [0.29, 0.717) is 49.1 Å². The van der Waals surface area contributed by atoms with Crippen LogP contribution in [0.15, 0.2) is 24.3 Å². The molecule has 0 atom stereocenters. The molecule has 8 nitrogen and oxygen atoms in total. The molecule has 1 aromatic carbocycles. The zero-order valence-corrected chi connectivity index (χ0v) is 16.1. The van der Waals surface area contributed by atoms with Crippen LogP contribution in [-0.2, 0) is 24.7 Å². The Bertz CT molecular complexity index is 859. The number of carbonyl (C=O) groups is 1. The normalized spacial score (nSPS) is 14.5. The summed E-state index contributed by atoms with van der Waals surface area (Å²) < 4.78 is 1.57. The van der Waals surface area contributed by atoms with Crippen molar-refractivity contribution in [2.24, 2.45) is 7.05 Å². The number of amides is 1. The van der Waals surface area contributed by atoms with Crippen LogP contribution in [-0.4, -0.2) is 51.7 Å². The lowest BCUT2D eigenvalue weighted by atomic mass is 10.1. The van der Waals surface area contributed by atoms with Gasteiger partial charge in [-0.2, -0.15) is 5.10 Å². The maximum absolute atomic E-state index is 12.6. The highest BCUT2D eigenvalue weighted by molar-refractivity contribution is 6.31. The summed E-state index contributed by atoms with van der Waals surface area (Å²) in [6, 6.07) is 7.32. The second-order valence-corrected chi connectivity index (χ2v) is 6.90. The highest BCUT2D eigenvalue weighted by atomic mass is 35.5. The fourth-order valence-corrected chi connectivity index (χ4v) is 3.62. The number of aryl methyl sites for hydroxylation is 2. The predicted molar refractivity (Wildman–Crippen MR) is 103 cm³/mol. The van der Waals surface area contributed by atoms with Crippen molar-refractivity contribution >= 4 is 29.0 Å². The summed E-state index contributed by atoms with van der Waals surface area (Å²) in [6.45, 7) is 3.92. The van der Waals surface area contributed by atoms with Crippen LogP contribution in [0.25, 0.3) is 0 Å². The summed E-state index contributed by atoms with van der Waals surface area (Å²) in [4.78, 5) is 27.4. The van der Waals surface area contributed by atoms with Crippen LogP contribution >= 0.6 is 11.6 Å². The number of nitro groups is 1. The molecule has 0 radical (unpaired) electrons. The first-order valence-corrected chi connectivity index (χ1v) is 9.26. The molecule has 144 valence electrons. The van der Waals surface area contributed by atoms with Crippen LogP contribution in [0.2, 0.25) is 5.02 Å². The molecule has 9 heteroatoms. The van der Waals surface area contributed by atoms with Gasteiger partial charge < -0.3 is 9.80 Å². The number of carbonyl (C=O) groups excluding carboxylic acids is 1. The van der Waals surface area contributed by atoms with E-state index in [2.05, 4.69) is 5.10 Å². The first-order valence-electron chi connectivity index (χ1n) is 8.88. The molecular formula is C18H22ClN5O3. The third-order valence-corrected chi connectivity index (χ3v) is 5.18. The van der Waals surface area contributed by atoms with E-state index < -0.39 is 0 Å². The van der Waals surface area contributed by atoms with Gasteiger partial charge in [0, 0.05) is 38.2 Å². The fourth-order valence-electron chi connectivity index (χ4n) is 3.42. The molecule has 0 saturated carbocycles. The minimum atomic E-state index is -0.365. The number of rotatable bonds is 5. The van der Waals surface area contributed by atoms with Gasteiger partial charge in [-0.25, -0.2) is 4.68 Å². The Hall–Kier alpha value is -2.61. The van der Waals surface area contributed by atoms with Gasteiger partial charge >= 0.3 is 5.69 Å². The zero-order valence-electron chi connectivity index (χ0n) is 15.4. The molecule has 1 amide bonds. The van der Waals surface area contributed by atoms with E-state index in [9.17, 15) is 14.9 Å². The summed E-state index contributed by atoms with van der Waals surface area (Å²) in [5, 5.41) is 16.4. The van der Waals surface area contributed by atoms with Crippen LogP contribution in [0.4, 0.5) is 11.5 Å². The zero-order chi connectivity index (χ0) is 19.6. The van der Waals surface area contributed by atoms with Crippen molar-refractivity contribution < 1.29 is 9.72 Å². The number of nitrogens with zero attached hydrogens (tertiary/aromatic N) is 5. The molecule has 1 aromatic heterocycles. The van der Waals surface area contributed by atoms with Gasteiger partial charge in [0.2, 0.25) is 11.7 Å². The predicted octanol–water partition coefficient (Wildman–Crippen LogP) is 2.44. The molecule has 0 unspecified atom stereocenters. The lowest BCUT2D eigenvalue weighted by molar-refractivity contribution is -0.384. The Morgan fingerprint density at radius 3 is 2.52 bits per heavy atom. The maximum Gasteiger partial charge on any atom is 0.334 e. The van der Waals surface area contributed by atoms with Crippen molar-refractivity contribution in [3.05, 3.63) is 50.7 Å². The standard InChI is InChI=1S/C18H22ClN5O3/c1-3-15-17(24(26)27)18(21(2)20-15)23-10-8-22(9-11-23)16(25)12-13-6-4-5-7-14(13)19/h4-7H,3,8-12H2,1-2H3. The maximum atomic E-state index is 12.6. The molecule has 0 aliphatic carbocycles. The Kier molecular flexibility index (Phi) is 5.65. The molecule has 2 aromatic rings. The number of hydrogen-bond acceptors (Lipinski definition) is 5. The summed E-state index contributed by atoms with van der Waals surface area (Å²) in [5.41, 5.74) is 1.35. The molecule has 3 rings (SSSR count). The van der Waals surface area contributed by atoms with E-state index in [4.69, 9.17) is 11.6 Å². The Morgan fingerprint density at radius 1 is 1.26 bits per heavy atom. The van der Waals surface area contributed by atoms with Gasteiger partial charge in [-0.15, -0.1) is 0 Å². The largest absolute Gasteiger partial charge is 0.348 e. The van der Waals surface area contributed by atoms with E-state index in [1.807, 2.05) is 30.0 Å². The van der Waals surface area contributed by atoms with E-state index in [-0.39, 0.29) is 22.9 Å². The van der Waals surface area contributed by atoms with Gasteiger partial charge in [0.1, 0.15) is 5.69 Å². The average molecular weight is 392 g/mol. The highest BCUT2D eigenvalue weighted by Crippen LogP contribution is 2.32. The van der Waals surface area contributed by atoms with E-state index in [0.717, 1.165) is 5.56 Å². The molecule has 1 fully saturated rings. The van der Waals surface area contributed by atoms with Crippen molar-refractivity contribution in [1.82, 2.24) is 14.7 Å². The van der Waals surface area contributed by atoms with Gasteiger partial charge in [-0.3, -0.25) is 14.9 Å². The number of anilines is 1. The van der Waals surface area contributed by atoms with E-state index in [1.54, 1.807) is 22.7 Å². The van der Waals surface area contributed by atoms with Crippen molar-refractivity contribution in [3.8, 4) is 0 Å². The van der Waals surface area contributed by atoms with Gasteiger partial charge in [0.05, 0.1) is 11.3 Å². The number of halogens is 1. The molecule has 1 aliphatic rings. The Balaban J connectivity index is 1.69.